The Labute approximate surface area is 121 Å². The van der Waals surface area contributed by atoms with E-state index in [1.165, 1.54) is 11.1 Å². The van der Waals surface area contributed by atoms with Gasteiger partial charge in [-0.1, -0.05) is 42.5 Å². The fraction of sp³-hybridized carbons (Fsp3) is 0.333. The van der Waals surface area contributed by atoms with Gasteiger partial charge in [-0.15, -0.1) is 0 Å². The van der Waals surface area contributed by atoms with E-state index in [2.05, 4.69) is 31.2 Å². The van der Waals surface area contributed by atoms with Crippen LogP contribution in [-0.4, -0.2) is 17.8 Å². The van der Waals surface area contributed by atoms with Crippen LogP contribution in [-0.2, 0) is 17.6 Å². The third-order valence-electron chi connectivity index (χ3n) is 3.31. The molecule has 2 aromatic carbocycles. The fourth-order valence-corrected chi connectivity index (χ4v) is 2.23. The second-order valence-corrected chi connectivity index (χ2v) is 5.14. The quantitative estimate of drug-likeness (QED) is 0.771. The van der Waals surface area contributed by atoms with Gasteiger partial charge in [0.1, 0.15) is 5.75 Å². The van der Waals surface area contributed by atoms with Gasteiger partial charge in [0.05, 0.1) is 6.10 Å². The lowest BCUT2D eigenvalue weighted by Crippen LogP contribution is -2.12. The maximum absolute atomic E-state index is 9.24. The molecule has 2 nitrogen and oxygen atoms in total. The van der Waals surface area contributed by atoms with Crippen LogP contribution in [0.4, 0.5) is 0 Å². The monoisotopic (exact) mass is 270 g/mol. The highest BCUT2D eigenvalue weighted by Crippen LogP contribution is 2.12. The van der Waals surface area contributed by atoms with E-state index in [-0.39, 0.29) is 6.10 Å². The van der Waals surface area contributed by atoms with Crippen LogP contribution < -0.4 is 0 Å². The van der Waals surface area contributed by atoms with Gasteiger partial charge in [-0.05, 0) is 49.4 Å². The molecule has 0 saturated heterocycles. The highest BCUT2D eigenvalue weighted by molar-refractivity contribution is 5.26. The van der Waals surface area contributed by atoms with Crippen LogP contribution in [0.25, 0.3) is 0 Å². The van der Waals surface area contributed by atoms with E-state index < -0.39 is 0 Å². The van der Waals surface area contributed by atoms with Gasteiger partial charge in [-0.2, -0.15) is 0 Å². The molecule has 0 fully saturated rings. The molecule has 20 heavy (non-hydrogen) atoms. The first-order valence-corrected chi connectivity index (χ1v) is 7.17. The van der Waals surface area contributed by atoms with Crippen LogP contribution in [0.5, 0.6) is 5.75 Å². The topological polar surface area (TPSA) is 29.5 Å². The Bertz CT molecular complexity index is 491. The molecular formula is C18H22O2. The Morgan fingerprint density at radius 3 is 2.35 bits per heavy atom. The van der Waals surface area contributed by atoms with E-state index in [1.807, 2.05) is 18.2 Å². The Balaban J connectivity index is 1.65. The van der Waals surface area contributed by atoms with Crippen molar-refractivity contribution in [2.24, 2.45) is 0 Å². The molecule has 0 aliphatic heterocycles. The molecule has 0 aliphatic carbocycles. The molecule has 0 radical (unpaired) electrons. The summed E-state index contributed by atoms with van der Waals surface area (Å²) in [5.74, 6) is 0.310. The lowest BCUT2D eigenvalue weighted by molar-refractivity contribution is 0.0648. The Morgan fingerprint density at radius 1 is 0.950 bits per heavy atom. The van der Waals surface area contributed by atoms with E-state index in [9.17, 15) is 5.11 Å². The van der Waals surface area contributed by atoms with E-state index in [0.29, 0.717) is 5.75 Å². The van der Waals surface area contributed by atoms with Gasteiger partial charge in [0.25, 0.3) is 0 Å². The van der Waals surface area contributed by atoms with Gasteiger partial charge in [0, 0.05) is 6.61 Å². The van der Waals surface area contributed by atoms with Crippen molar-refractivity contribution in [3.8, 4) is 5.75 Å². The number of hydrogen-bond donors (Lipinski definition) is 1. The summed E-state index contributed by atoms with van der Waals surface area (Å²) >= 11 is 0. The third-order valence-corrected chi connectivity index (χ3v) is 3.31. The summed E-state index contributed by atoms with van der Waals surface area (Å²) in [6.07, 6.45) is 3.19. The zero-order valence-corrected chi connectivity index (χ0v) is 12.0. The van der Waals surface area contributed by atoms with Crippen molar-refractivity contribution in [3.63, 3.8) is 0 Å². The Hall–Kier alpha value is -1.80. The maximum Gasteiger partial charge on any atom is 0.115 e. The number of rotatable bonds is 7. The fourth-order valence-electron chi connectivity index (χ4n) is 2.23. The number of phenols is 1. The molecule has 0 saturated carbocycles. The molecule has 0 amide bonds. The van der Waals surface area contributed by atoms with Crippen molar-refractivity contribution in [1.29, 1.82) is 0 Å². The van der Waals surface area contributed by atoms with Crippen molar-refractivity contribution in [2.45, 2.75) is 32.3 Å². The summed E-state index contributed by atoms with van der Waals surface area (Å²) in [7, 11) is 0. The van der Waals surface area contributed by atoms with Crippen molar-refractivity contribution in [2.75, 3.05) is 6.61 Å². The van der Waals surface area contributed by atoms with Crippen LogP contribution >= 0.6 is 0 Å². The number of phenolic OH excluding ortho intramolecular Hbond substituents is 1. The first kappa shape index (κ1) is 14.6. The lowest BCUT2D eigenvalue weighted by Gasteiger charge is -2.13. The summed E-state index contributed by atoms with van der Waals surface area (Å²) in [5.41, 5.74) is 2.56. The standard InChI is InChI=1S/C18H22O2/c1-15(14-17-9-11-18(19)12-10-17)20-13-5-8-16-6-3-2-4-7-16/h2-4,6-7,9-12,15,19H,5,8,13-14H2,1H3. The second-order valence-electron chi connectivity index (χ2n) is 5.14. The molecule has 0 aliphatic rings. The molecule has 0 bridgehead atoms. The second kappa shape index (κ2) is 7.71. The average molecular weight is 270 g/mol. The number of aromatic hydroxyl groups is 1. The first-order valence-electron chi connectivity index (χ1n) is 7.17. The summed E-state index contributed by atoms with van der Waals surface area (Å²) in [6.45, 7) is 2.88. The molecule has 106 valence electrons. The molecule has 0 aromatic heterocycles. The van der Waals surface area contributed by atoms with E-state index in [0.717, 1.165) is 25.9 Å². The van der Waals surface area contributed by atoms with Crippen molar-refractivity contribution >= 4 is 0 Å². The molecule has 1 unspecified atom stereocenters. The van der Waals surface area contributed by atoms with Crippen LogP contribution in [0.3, 0.4) is 0 Å². The molecule has 1 N–H and O–H groups in total. The van der Waals surface area contributed by atoms with E-state index in [4.69, 9.17) is 4.74 Å². The highest BCUT2D eigenvalue weighted by atomic mass is 16.5. The minimum atomic E-state index is 0.204. The number of aryl methyl sites for hydroxylation is 1. The summed E-state index contributed by atoms with van der Waals surface area (Å²) < 4.78 is 5.84. The summed E-state index contributed by atoms with van der Waals surface area (Å²) in [5, 5.41) is 9.24. The summed E-state index contributed by atoms with van der Waals surface area (Å²) in [6, 6.07) is 17.8. The van der Waals surface area contributed by atoms with Crippen LogP contribution in [0, 0.1) is 0 Å². The van der Waals surface area contributed by atoms with E-state index in [1.54, 1.807) is 12.1 Å². The van der Waals surface area contributed by atoms with Gasteiger partial charge >= 0.3 is 0 Å². The van der Waals surface area contributed by atoms with Crippen LogP contribution in [0.1, 0.15) is 24.5 Å². The largest absolute Gasteiger partial charge is 0.508 e. The predicted molar refractivity (Wildman–Crippen MR) is 82.0 cm³/mol. The van der Waals surface area contributed by atoms with Crippen LogP contribution in [0.2, 0.25) is 0 Å². The minimum Gasteiger partial charge on any atom is -0.508 e. The van der Waals surface area contributed by atoms with Gasteiger partial charge < -0.3 is 9.84 Å². The lowest BCUT2D eigenvalue weighted by atomic mass is 10.1. The normalized spacial score (nSPS) is 12.2. The van der Waals surface area contributed by atoms with Gasteiger partial charge in [-0.25, -0.2) is 0 Å². The number of benzene rings is 2. The van der Waals surface area contributed by atoms with Gasteiger partial charge in [-0.3, -0.25) is 0 Å². The highest BCUT2D eigenvalue weighted by Gasteiger charge is 2.04. The van der Waals surface area contributed by atoms with Crippen molar-refractivity contribution in [3.05, 3.63) is 65.7 Å². The van der Waals surface area contributed by atoms with E-state index >= 15 is 0 Å². The van der Waals surface area contributed by atoms with Crippen molar-refractivity contribution < 1.29 is 9.84 Å². The third kappa shape index (κ3) is 5.06. The smallest absolute Gasteiger partial charge is 0.115 e. The first-order chi connectivity index (χ1) is 9.74. The maximum atomic E-state index is 9.24. The number of ether oxygens (including phenoxy) is 1. The van der Waals surface area contributed by atoms with Gasteiger partial charge in [0.15, 0.2) is 0 Å². The number of hydrogen-bond acceptors (Lipinski definition) is 2. The Kier molecular flexibility index (Phi) is 5.63. The molecule has 2 rings (SSSR count). The SMILES string of the molecule is CC(Cc1ccc(O)cc1)OCCCc1ccccc1. The molecular weight excluding hydrogens is 248 g/mol. The zero-order chi connectivity index (χ0) is 14.2. The zero-order valence-electron chi connectivity index (χ0n) is 12.0. The predicted octanol–water partition coefficient (Wildman–Crippen LogP) is 3.97. The average Bonchev–Trinajstić information content (AvgIpc) is 2.47. The van der Waals surface area contributed by atoms with Gasteiger partial charge in [0.2, 0.25) is 0 Å². The molecule has 2 heteroatoms. The molecule has 0 spiro atoms. The van der Waals surface area contributed by atoms with Crippen molar-refractivity contribution in [1.82, 2.24) is 0 Å². The summed E-state index contributed by atoms with van der Waals surface area (Å²) in [4.78, 5) is 0. The van der Waals surface area contributed by atoms with Crippen LogP contribution in [0.15, 0.2) is 54.6 Å². The molecule has 1 atom stereocenters. The molecule has 0 heterocycles. The minimum absolute atomic E-state index is 0.204. The Morgan fingerprint density at radius 2 is 1.65 bits per heavy atom. The molecule has 2 aromatic rings.